The molecule has 0 fully saturated rings. The molecule has 0 aromatic heterocycles. The summed E-state index contributed by atoms with van der Waals surface area (Å²) in [5.41, 5.74) is 2.30. The van der Waals surface area contributed by atoms with Crippen molar-refractivity contribution < 1.29 is 0 Å². The van der Waals surface area contributed by atoms with Crippen LogP contribution in [0.15, 0.2) is 60.7 Å². The lowest BCUT2D eigenvalue weighted by Crippen LogP contribution is -2.12. The fourth-order valence-electron chi connectivity index (χ4n) is 2.62. The van der Waals surface area contributed by atoms with E-state index in [4.69, 9.17) is 0 Å². The highest BCUT2D eigenvalue weighted by atomic mass is 14.2. The van der Waals surface area contributed by atoms with E-state index in [2.05, 4.69) is 50.8 Å². The van der Waals surface area contributed by atoms with Crippen molar-refractivity contribution in [2.24, 2.45) is 11.8 Å². The molecule has 1 aromatic rings. The lowest BCUT2D eigenvalue weighted by atomic mass is 9.82. The van der Waals surface area contributed by atoms with Gasteiger partial charge in [-0.05, 0) is 37.2 Å². The second-order valence-electron chi connectivity index (χ2n) is 6.00. The Kier molecular flexibility index (Phi) is 13.1. The Morgan fingerprint density at radius 3 is 2.39 bits per heavy atom. The van der Waals surface area contributed by atoms with Crippen LogP contribution in [0.4, 0.5) is 0 Å². The summed E-state index contributed by atoms with van der Waals surface area (Å²) in [6.45, 7) is 14.4. The average molecular weight is 313 g/mol. The Labute approximate surface area is 145 Å². The van der Waals surface area contributed by atoms with Crippen LogP contribution in [0.5, 0.6) is 0 Å². The van der Waals surface area contributed by atoms with E-state index in [0.29, 0.717) is 0 Å². The Hall–Kier alpha value is -1.56. The highest BCUT2D eigenvalue weighted by molar-refractivity contribution is 5.51. The van der Waals surface area contributed by atoms with Crippen LogP contribution in [-0.2, 0) is 0 Å². The molecule has 0 N–H and O–H groups in total. The Morgan fingerprint density at radius 1 is 1.22 bits per heavy atom. The molecule has 0 nitrogen and oxygen atoms in total. The lowest BCUT2D eigenvalue weighted by molar-refractivity contribution is 0.351. The van der Waals surface area contributed by atoms with Gasteiger partial charge in [-0.2, -0.15) is 0 Å². The number of allylic oxidation sites excluding steroid dienone is 4. The summed E-state index contributed by atoms with van der Waals surface area (Å²) in [5.74, 6) is 1.82. The smallest absolute Gasteiger partial charge is 0.0233 e. The molecule has 0 saturated heterocycles. The maximum atomic E-state index is 3.78. The van der Waals surface area contributed by atoms with E-state index in [9.17, 15) is 0 Å². The minimum absolute atomic E-state index is 0.841. The van der Waals surface area contributed by atoms with Crippen LogP contribution in [0, 0.1) is 11.8 Å². The van der Waals surface area contributed by atoms with Crippen LogP contribution < -0.4 is 0 Å². The summed E-state index contributed by atoms with van der Waals surface area (Å²) >= 11 is 0. The summed E-state index contributed by atoms with van der Waals surface area (Å²) < 4.78 is 0. The first-order valence-electron chi connectivity index (χ1n) is 9.18. The molecule has 1 aliphatic carbocycles. The lowest BCUT2D eigenvalue weighted by Gasteiger charge is -2.23. The fraction of sp³-hybridized carbons (Fsp3) is 0.478. The molecule has 0 aliphatic heterocycles. The van der Waals surface area contributed by atoms with Gasteiger partial charge in [-0.3, -0.25) is 0 Å². The summed E-state index contributed by atoms with van der Waals surface area (Å²) in [7, 11) is 0. The van der Waals surface area contributed by atoms with E-state index >= 15 is 0 Å². The molecule has 2 unspecified atom stereocenters. The van der Waals surface area contributed by atoms with Gasteiger partial charge in [-0.1, -0.05) is 107 Å². The van der Waals surface area contributed by atoms with E-state index < -0.39 is 0 Å². The zero-order chi connectivity index (χ0) is 17.5. The van der Waals surface area contributed by atoms with E-state index in [1.807, 2.05) is 45.0 Å². The van der Waals surface area contributed by atoms with Crippen LogP contribution in [0.2, 0.25) is 0 Å². The Bertz CT molecular complexity index is 450. The van der Waals surface area contributed by atoms with Crippen molar-refractivity contribution >= 4 is 6.08 Å². The van der Waals surface area contributed by atoms with Crippen LogP contribution in [0.3, 0.4) is 0 Å². The molecule has 1 aromatic carbocycles. The van der Waals surface area contributed by atoms with Crippen LogP contribution in [0.1, 0.15) is 65.9 Å². The summed E-state index contributed by atoms with van der Waals surface area (Å²) in [6.07, 6.45) is 14.3. The minimum Gasteiger partial charge on any atom is -0.0961 e. The van der Waals surface area contributed by atoms with Gasteiger partial charge in [0.05, 0.1) is 0 Å². The van der Waals surface area contributed by atoms with Crippen molar-refractivity contribution in [2.45, 2.75) is 60.3 Å². The van der Waals surface area contributed by atoms with Crippen molar-refractivity contribution in [3.63, 3.8) is 0 Å². The quantitative estimate of drug-likeness (QED) is 0.395. The molecule has 0 saturated carbocycles. The van der Waals surface area contributed by atoms with Gasteiger partial charge in [-0.25, -0.2) is 0 Å². The highest BCUT2D eigenvalue weighted by Crippen LogP contribution is 2.27. The van der Waals surface area contributed by atoms with Gasteiger partial charge in [0.15, 0.2) is 0 Å². The van der Waals surface area contributed by atoms with Gasteiger partial charge < -0.3 is 0 Å². The zero-order valence-corrected chi connectivity index (χ0v) is 15.9. The second-order valence-corrected chi connectivity index (χ2v) is 6.00. The molecule has 23 heavy (non-hydrogen) atoms. The van der Waals surface area contributed by atoms with Crippen molar-refractivity contribution in [1.29, 1.82) is 0 Å². The number of hydrogen-bond acceptors (Lipinski definition) is 0. The van der Waals surface area contributed by atoms with Crippen molar-refractivity contribution in [1.82, 2.24) is 0 Å². The van der Waals surface area contributed by atoms with Crippen LogP contribution in [-0.4, -0.2) is 0 Å². The molecular formula is C23H36. The van der Waals surface area contributed by atoms with E-state index in [1.54, 1.807) is 0 Å². The van der Waals surface area contributed by atoms with Crippen LogP contribution in [0.25, 0.3) is 6.08 Å². The predicted octanol–water partition coefficient (Wildman–Crippen LogP) is 7.69. The molecule has 0 heteroatoms. The maximum Gasteiger partial charge on any atom is -0.0233 e. The molecule has 2 rings (SSSR count). The molecule has 128 valence electrons. The molecule has 0 bridgehead atoms. The van der Waals surface area contributed by atoms with Gasteiger partial charge in [0.1, 0.15) is 0 Å². The number of hydrogen-bond donors (Lipinski definition) is 0. The van der Waals surface area contributed by atoms with Crippen molar-refractivity contribution in [3.8, 4) is 0 Å². The largest absolute Gasteiger partial charge is 0.0961 e. The summed E-state index contributed by atoms with van der Waals surface area (Å²) in [5, 5.41) is 0. The summed E-state index contributed by atoms with van der Waals surface area (Å²) in [6, 6.07) is 10.2. The van der Waals surface area contributed by atoms with Gasteiger partial charge in [0.2, 0.25) is 0 Å². The topological polar surface area (TPSA) is 0 Å². The van der Waals surface area contributed by atoms with Crippen LogP contribution >= 0.6 is 0 Å². The number of benzene rings is 1. The standard InChI is InChI=1S/C11H12.C10H18.C2H6/c1-10(2)8-9-11-6-4-3-5-7-11;1-3-6-10-8-5-4-7-9(10)2;1-2/h3-9H,1H2,2H3;4,7,9-10H,3,5-6,8H2,1-2H3;1-2H3/b9-8+;;. The van der Waals surface area contributed by atoms with Gasteiger partial charge in [0.25, 0.3) is 0 Å². The van der Waals surface area contributed by atoms with E-state index in [0.717, 1.165) is 17.4 Å². The first-order chi connectivity index (χ1) is 11.1. The SMILES string of the molecule is C=C(C)/C=C/c1ccccc1.CC.CCCC1CCC=CC1C. The molecule has 0 spiro atoms. The van der Waals surface area contributed by atoms with Gasteiger partial charge in [0, 0.05) is 0 Å². The molecular weight excluding hydrogens is 276 g/mol. The van der Waals surface area contributed by atoms with E-state index in [-0.39, 0.29) is 0 Å². The van der Waals surface area contributed by atoms with Crippen molar-refractivity contribution in [3.05, 3.63) is 66.3 Å². The zero-order valence-electron chi connectivity index (χ0n) is 15.9. The molecule has 2 atom stereocenters. The van der Waals surface area contributed by atoms with E-state index in [1.165, 1.54) is 31.2 Å². The monoisotopic (exact) mass is 312 g/mol. The molecule has 0 radical (unpaired) electrons. The van der Waals surface area contributed by atoms with Crippen molar-refractivity contribution in [2.75, 3.05) is 0 Å². The third-order valence-electron chi connectivity index (χ3n) is 3.91. The summed E-state index contributed by atoms with van der Waals surface area (Å²) in [4.78, 5) is 0. The first-order valence-corrected chi connectivity index (χ1v) is 9.18. The molecule has 1 aliphatic rings. The Morgan fingerprint density at radius 2 is 1.87 bits per heavy atom. The van der Waals surface area contributed by atoms with Gasteiger partial charge in [-0.15, -0.1) is 0 Å². The van der Waals surface area contributed by atoms with Gasteiger partial charge >= 0.3 is 0 Å². The highest BCUT2D eigenvalue weighted by Gasteiger charge is 2.15. The normalized spacial score (nSPS) is 19.3. The fourth-order valence-corrected chi connectivity index (χ4v) is 2.62. The third-order valence-corrected chi connectivity index (χ3v) is 3.91. The maximum absolute atomic E-state index is 3.78. The second kappa shape index (κ2) is 14.1. The molecule has 0 amide bonds. The minimum atomic E-state index is 0.841. The Balaban J connectivity index is 0.000000381. The first kappa shape index (κ1) is 21.4. The third kappa shape index (κ3) is 10.7. The average Bonchev–Trinajstić information content (AvgIpc) is 2.59. The molecule has 0 heterocycles. The number of rotatable bonds is 4. The predicted molar refractivity (Wildman–Crippen MR) is 108 cm³/mol.